The summed E-state index contributed by atoms with van der Waals surface area (Å²) in [5, 5.41) is 1.43. The first kappa shape index (κ1) is 15.2. The van der Waals surface area contributed by atoms with Crippen LogP contribution in [0.2, 0.25) is 0 Å². The third-order valence-electron chi connectivity index (χ3n) is 3.25. The molecule has 1 amide bonds. The van der Waals surface area contributed by atoms with Gasteiger partial charge in [-0.05, 0) is 38.2 Å². The van der Waals surface area contributed by atoms with Crippen LogP contribution in [-0.4, -0.2) is 20.9 Å². The number of rotatable bonds is 6. The lowest BCUT2D eigenvalue weighted by Crippen LogP contribution is -2.25. The van der Waals surface area contributed by atoms with E-state index < -0.39 is 15.9 Å². The maximum absolute atomic E-state index is 12.0. The Morgan fingerprint density at radius 1 is 1.40 bits per heavy atom. The monoisotopic (exact) mass is 314 g/mol. The second-order valence-electron chi connectivity index (χ2n) is 4.77. The predicted molar refractivity (Wildman–Crippen MR) is 79.2 cm³/mol. The molecule has 5 nitrogen and oxygen atoms in total. The minimum Gasteiger partial charge on any atom is -0.365 e. The molecule has 2 rings (SSSR count). The Balaban J connectivity index is 1.93. The van der Waals surface area contributed by atoms with Gasteiger partial charge in [-0.25, -0.2) is 13.1 Å². The average Bonchev–Trinajstić information content (AvgIpc) is 2.90. The van der Waals surface area contributed by atoms with Crippen LogP contribution in [0.5, 0.6) is 0 Å². The number of thiophene rings is 1. The second-order valence-corrected chi connectivity index (χ2v) is 7.45. The van der Waals surface area contributed by atoms with Crippen LogP contribution < -0.4 is 10.5 Å². The molecule has 110 valence electrons. The summed E-state index contributed by atoms with van der Waals surface area (Å²) in [5.41, 5.74) is 6.44. The number of carbonyl (C=O) groups excluding carboxylic acids is 1. The van der Waals surface area contributed by atoms with Crippen LogP contribution >= 0.6 is 11.3 Å². The lowest BCUT2D eigenvalue weighted by Gasteiger charge is -2.12. The lowest BCUT2D eigenvalue weighted by molar-refractivity contribution is 0.100. The summed E-state index contributed by atoms with van der Waals surface area (Å²) < 4.78 is 26.6. The van der Waals surface area contributed by atoms with E-state index in [4.69, 9.17) is 5.73 Å². The highest BCUT2D eigenvalue weighted by atomic mass is 32.2. The number of sulfonamides is 1. The Morgan fingerprint density at radius 3 is 2.80 bits per heavy atom. The van der Waals surface area contributed by atoms with E-state index in [0.29, 0.717) is 6.54 Å². The van der Waals surface area contributed by atoms with E-state index in [1.54, 1.807) is 0 Å². The smallest absolute Gasteiger partial charge is 0.258 e. The Bertz CT molecular complexity index is 617. The number of primary amides is 1. The van der Waals surface area contributed by atoms with Crippen molar-refractivity contribution in [3.63, 3.8) is 0 Å². The van der Waals surface area contributed by atoms with Gasteiger partial charge >= 0.3 is 0 Å². The maximum atomic E-state index is 12.0. The third-order valence-corrected chi connectivity index (χ3v) is 5.79. The van der Waals surface area contributed by atoms with Crippen molar-refractivity contribution in [3.8, 4) is 0 Å². The molecular formula is C13H18N2O3S2. The van der Waals surface area contributed by atoms with Gasteiger partial charge in [0.2, 0.25) is 10.0 Å². The number of hydrogen-bond acceptors (Lipinski definition) is 4. The molecule has 0 bridgehead atoms. The fourth-order valence-electron chi connectivity index (χ4n) is 2.15. The number of amides is 1. The van der Waals surface area contributed by atoms with Crippen LogP contribution in [0.4, 0.5) is 0 Å². The molecule has 0 saturated heterocycles. The Hall–Kier alpha value is -1.18. The van der Waals surface area contributed by atoms with Crippen LogP contribution in [-0.2, 0) is 10.0 Å². The highest BCUT2D eigenvalue weighted by Crippen LogP contribution is 2.21. The highest BCUT2D eigenvalue weighted by molar-refractivity contribution is 7.89. The predicted octanol–water partition coefficient (Wildman–Crippen LogP) is 2.02. The summed E-state index contributed by atoms with van der Waals surface area (Å²) in [6.07, 6.45) is 7.51. The summed E-state index contributed by atoms with van der Waals surface area (Å²) in [6, 6.07) is 1.31. The minimum atomic E-state index is -3.55. The zero-order valence-electron chi connectivity index (χ0n) is 11.1. The van der Waals surface area contributed by atoms with Gasteiger partial charge in [0.05, 0.1) is 9.77 Å². The van der Waals surface area contributed by atoms with Gasteiger partial charge in [-0.3, -0.25) is 4.79 Å². The number of hydrogen-bond donors (Lipinski definition) is 2. The Kier molecular flexibility index (Phi) is 4.95. The van der Waals surface area contributed by atoms with E-state index in [1.165, 1.54) is 29.9 Å². The van der Waals surface area contributed by atoms with Crippen molar-refractivity contribution in [1.29, 1.82) is 0 Å². The lowest BCUT2D eigenvalue weighted by atomic mass is 9.97. The van der Waals surface area contributed by atoms with Crippen molar-refractivity contribution in [3.05, 3.63) is 28.0 Å². The minimum absolute atomic E-state index is 0.105. The molecule has 3 N–H and O–H groups in total. The first-order valence-electron chi connectivity index (χ1n) is 6.55. The summed E-state index contributed by atoms with van der Waals surface area (Å²) in [7, 11) is -3.55. The van der Waals surface area contributed by atoms with E-state index in [2.05, 4.69) is 10.8 Å². The molecule has 1 aliphatic carbocycles. The summed E-state index contributed by atoms with van der Waals surface area (Å²) >= 11 is 1.04. The normalized spacial score (nSPS) is 15.9. The molecule has 1 aromatic rings. The third kappa shape index (κ3) is 3.91. The van der Waals surface area contributed by atoms with Gasteiger partial charge < -0.3 is 5.73 Å². The molecule has 0 aliphatic heterocycles. The molecule has 7 heteroatoms. The van der Waals surface area contributed by atoms with Crippen molar-refractivity contribution in [2.75, 3.05) is 6.54 Å². The molecule has 0 atom stereocenters. The Labute approximate surface area is 122 Å². The molecule has 1 heterocycles. The zero-order valence-corrected chi connectivity index (χ0v) is 12.7. The van der Waals surface area contributed by atoms with Crippen molar-refractivity contribution >= 4 is 27.3 Å². The van der Waals surface area contributed by atoms with Crippen LogP contribution in [0, 0.1) is 0 Å². The molecule has 20 heavy (non-hydrogen) atoms. The summed E-state index contributed by atoms with van der Waals surface area (Å²) in [6.45, 7) is 0.385. The van der Waals surface area contributed by atoms with E-state index in [1.807, 2.05) is 0 Å². The van der Waals surface area contributed by atoms with E-state index in [9.17, 15) is 13.2 Å². The second kappa shape index (κ2) is 6.51. The van der Waals surface area contributed by atoms with Gasteiger partial charge in [-0.2, -0.15) is 0 Å². The highest BCUT2D eigenvalue weighted by Gasteiger charge is 2.17. The first-order valence-corrected chi connectivity index (χ1v) is 8.91. The van der Waals surface area contributed by atoms with Gasteiger partial charge in [0.25, 0.3) is 5.91 Å². The van der Waals surface area contributed by atoms with Crippen molar-refractivity contribution in [1.82, 2.24) is 4.72 Å². The van der Waals surface area contributed by atoms with Crippen molar-refractivity contribution in [2.45, 2.75) is 37.0 Å². The van der Waals surface area contributed by atoms with Crippen LogP contribution in [0.1, 0.15) is 41.8 Å². The SMILES string of the molecule is NC(=O)c1cc(S(=O)(=O)NCCC2=CCCCC2)cs1. The number of nitrogens with two attached hydrogens (primary N) is 1. The van der Waals surface area contributed by atoms with Crippen molar-refractivity contribution < 1.29 is 13.2 Å². The van der Waals surface area contributed by atoms with E-state index in [-0.39, 0.29) is 9.77 Å². The molecular weight excluding hydrogens is 296 g/mol. The molecule has 0 aromatic carbocycles. The van der Waals surface area contributed by atoms with E-state index in [0.717, 1.165) is 30.6 Å². The fourth-order valence-corrected chi connectivity index (χ4v) is 4.31. The molecule has 0 saturated carbocycles. The van der Waals surface area contributed by atoms with Gasteiger partial charge in [-0.15, -0.1) is 11.3 Å². The topological polar surface area (TPSA) is 89.3 Å². The van der Waals surface area contributed by atoms with Crippen LogP contribution in [0.15, 0.2) is 28.0 Å². The van der Waals surface area contributed by atoms with Gasteiger partial charge in [0.15, 0.2) is 0 Å². The van der Waals surface area contributed by atoms with Crippen molar-refractivity contribution in [2.24, 2.45) is 5.73 Å². The molecule has 0 spiro atoms. The molecule has 0 unspecified atom stereocenters. The maximum Gasteiger partial charge on any atom is 0.258 e. The largest absolute Gasteiger partial charge is 0.365 e. The number of nitrogens with one attached hydrogen (secondary N) is 1. The first-order chi connectivity index (χ1) is 9.49. The molecule has 1 aromatic heterocycles. The average molecular weight is 314 g/mol. The van der Waals surface area contributed by atoms with Gasteiger partial charge in [0.1, 0.15) is 0 Å². The van der Waals surface area contributed by atoms with Crippen LogP contribution in [0.3, 0.4) is 0 Å². The van der Waals surface area contributed by atoms with Gasteiger partial charge in [-0.1, -0.05) is 11.6 Å². The van der Waals surface area contributed by atoms with Gasteiger partial charge in [0, 0.05) is 11.9 Å². The standard InChI is InChI=1S/C13H18N2O3S2/c14-13(16)12-8-11(9-19-12)20(17,18)15-7-6-10-4-2-1-3-5-10/h4,8-9,15H,1-3,5-7H2,(H2,14,16). The van der Waals surface area contributed by atoms with Crippen LogP contribution in [0.25, 0.3) is 0 Å². The molecule has 0 radical (unpaired) electrons. The molecule has 1 aliphatic rings. The zero-order chi connectivity index (χ0) is 14.6. The summed E-state index contributed by atoms with van der Waals surface area (Å²) in [5.74, 6) is -0.608. The summed E-state index contributed by atoms with van der Waals surface area (Å²) in [4.78, 5) is 11.3. The number of carbonyl (C=O) groups is 1. The fraction of sp³-hybridized carbons (Fsp3) is 0.462. The quantitative estimate of drug-likeness (QED) is 0.787. The molecule has 0 fully saturated rings. The Morgan fingerprint density at radius 2 is 2.20 bits per heavy atom. The van der Waals surface area contributed by atoms with E-state index >= 15 is 0 Å². The number of allylic oxidation sites excluding steroid dienone is 1.